The van der Waals surface area contributed by atoms with Crippen LogP contribution in [-0.2, 0) is 16.0 Å². The van der Waals surface area contributed by atoms with Crippen molar-refractivity contribution in [2.45, 2.75) is 12.8 Å². The largest absolute Gasteiger partial charge is 0.367 e. The van der Waals surface area contributed by atoms with Gasteiger partial charge in [0, 0.05) is 37.1 Å². The zero-order valence-electron chi connectivity index (χ0n) is 16.4. The van der Waals surface area contributed by atoms with E-state index in [1.807, 2.05) is 12.2 Å². The van der Waals surface area contributed by atoms with E-state index in [4.69, 9.17) is 4.52 Å². The highest BCUT2D eigenvalue weighted by atomic mass is 19.1. The molecule has 0 saturated carbocycles. The number of hydrogen-bond donors (Lipinski definition) is 2. The van der Waals surface area contributed by atoms with Crippen LogP contribution < -0.4 is 10.6 Å². The van der Waals surface area contributed by atoms with Gasteiger partial charge in [0.05, 0.1) is 5.92 Å². The van der Waals surface area contributed by atoms with Gasteiger partial charge < -0.3 is 15.2 Å². The van der Waals surface area contributed by atoms with Gasteiger partial charge in [-0.15, -0.1) is 10.2 Å². The molecule has 0 bridgehead atoms. The van der Waals surface area contributed by atoms with Gasteiger partial charge in [-0.05, 0) is 24.3 Å². The Hall–Kier alpha value is -3.95. The van der Waals surface area contributed by atoms with Crippen molar-refractivity contribution in [2.75, 3.05) is 13.1 Å². The maximum atomic E-state index is 13.0. The average Bonchev–Trinajstić information content (AvgIpc) is 3.26. The third-order valence-corrected chi connectivity index (χ3v) is 4.69. The van der Waals surface area contributed by atoms with Gasteiger partial charge in [0.2, 0.25) is 17.6 Å². The molecule has 0 saturated heterocycles. The fourth-order valence-corrected chi connectivity index (χ4v) is 3.10. The predicted octanol–water partition coefficient (Wildman–Crippen LogP) is 2.46. The number of nitrogens with zero attached hydrogens (tertiary/aromatic N) is 4. The van der Waals surface area contributed by atoms with E-state index in [2.05, 4.69) is 31.0 Å². The fraction of sp³-hybridized carbons (Fsp3) is 0.238. The van der Waals surface area contributed by atoms with E-state index in [1.165, 1.54) is 12.1 Å². The zero-order chi connectivity index (χ0) is 21.6. The highest BCUT2D eigenvalue weighted by Crippen LogP contribution is 2.27. The molecule has 2 N–H and O–H groups in total. The number of amides is 2. The van der Waals surface area contributed by atoms with Gasteiger partial charge in [-0.3, -0.25) is 9.59 Å². The van der Waals surface area contributed by atoms with Crippen molar-refractivity contribution in [1.29, 1.82) is 0 Å². The SMILES string of the molecule is O=C(CCc1nc(-c2ccc(F)cc2)no1)NCCNC1=C2C=CC=CC2C(=O)N=N1. The summed E-state index contributed by atoms with van der Waals surface area (Å²) in [5, 5.41) is 17.3. The van der Waals surface area contributed by atoms with Crippen LogP contribution in [0, 0.1) is 11.7 Å². The molecular weight excluding hydrogens is 403 g/mol. The number of aryl methyl sites for hydroxylation is 1. The number of aromatic nitrogens is 2. The molecule has 2 heterocycles. The lowest BCUT2D eigenvalue weighted by Gasteiger charge is -2.20. The number of rotatable bonds is 8. The maximum absolute atomic E-state index is 13.0. The summed E-state index contributed by atoms with van der Waals surface area (Å²) in [4.78, 5) is 28.1. The van der Waals surface area contributed by atoms with Gasteiger partial charge in [-0.2, -0.15) is 4.98 Å². The molecule has 1 aliphatic heterocycles. The highest BCUT2D eigenvalue weighted by molar-refractivity contribution is 5.86. The second-order valence-electron chi connectivity index (χ2n) is 6.86. The van der Waals surface area contributed by atoms with Crippen molar-refractivity contribution in [3.8, 4) is 11.4 Å². The zero-order valence-corrected chi connectivity index (χ0v) is 16.4. The van der Waals surface area contributed by atoms with Crippen LogP contribution in [0.1, 0.15) is 12.3 Å². The Morgan fingerprint density at radius 2 is 1.97 bits per heavy atom. The number of carbonyl (C=O) groups is 2. The molecule has 1 atom stereocenters. The highest BCUT2D eigenvalue weighted by Gasteiger charge is 2.26. The summed E-state index contributed by atoms with van der Waals surface area (Å²) in [6.45, 7) is 0.797. The third kappa shape index (κ3) is 4.97. The van der Waals surface area contributed by atoms with Gasteiger partial charge in [0.1, 0.15) is 5.82 Å². The molecule has 9 nitrogen and oxygen atoms in total. The molecule has 0 fully saturated rings. The van der Waals surface area contributed by atoms with Crippen molar-refractivity contribution in [3.63, 3.8) is 0 Å². The number of halogens is 1. The Bertz CT molecular complexity index is 1100. The lowest BCUT2D eigenvalue weighted by molar-refractivity contribution is -0.121. The summed E-state index contributed by atoms with van der Waals surface area (Å²) in [6.07, 6.45) is 7.71. The summed E-state index contributed by atoms with van der Waals surface area (Å²) in [5.41, 5.74) is 1.40. The molecule has 1 unspecified atom stereocenters. The standard InChI is InChI=1S/C21H19FN6O3/c22-14-7-5-13(6-8-14)19-25-18(31-28-19)10-9-17(29)23-11-12-24-20-15-3-1-2-4-16(15)21(30)27-26-20/h1-8,16,24H,9-12H2,(H,23,29). The van der Waals surface area contributed by atoms with Gasteiger partial charge in [0.15, 0.2) is 5.82 Å². The molecule has 2 aliphatic rings. The Morgan fingerprint density at radius 3 is 2.81 bits per heavy atom. The Morgan fingerprint density at radius 1 is 1.13 bits per heavy atom. The maximum Gasteiger partial charge on any atom is 0.276 e. The van der Waals surface area contributed by atoms with E-state index in [0.717, 1.165) is 5.57 Å². The van der Waals surface area contributed by atoms with Crippen LogP contribution in [0.2, 0.25) is 0 Å². The normalized spacial score (nSPS) is 17.1. The summed E-state index contributed by atoms with van der Waals surface area (Å²) in [5.74, 6) is -0.0120. The van der Waals surface area contributed by atoms with E-state index in [0.29, 0.717) is 36.2 Å². The first-order valence-corrected chi connectivity index (χ1v) is 9.74. The summed E-state index contributed by atoms with van der Waals surface area (Å²) in [7, 11) is 0. The Balaban J connectivity index is 1.20. The van der Waals surface area contributed by atoms with Gasteiger partial charge in [-0.25, -0.2) is 4.39 Å². The first-order valence-electron chi connectivity index (χ1n) is 9.74. The number of nitrogens with one attached hydrogen (secondary N) is 2. The molecule has 0 radical (unpaired) electrons. The minimum atomic E-state index is -0.409. The molecule has 10 heteroatoms. The number of azo groups is 1. The van der Waals surface area contributed by atoms with E-state index in [-0.39, 0.29) is 30.5 Å². The Labute approximate surface area is 176 Å². The lowest BCUT2D eigenvalue weighted by Crippen LogP contribution is -2.33. The molecule has 1 aromatic heterocycles. The van der Waals surface area contributed by atoms with Crippen LogP contribution in [0.25, 0.3) is 11.4 Å². The molecule has 158 valence electrons. The van der Waals surface area contributed by atoms with Gasteiger partial charge >= 0.3 is 0 Å². The quantitative estimate of drug-likeness (QED) is 0.630. The molecular formula is C21H19FN6O3. The number of carbonyl (C=O) groups excluding carboxylic acids is 2. The van der Waals surface area contributed by atoms with Crippen LogP contribution in [0.15, 0.2) is 74.7 Å². The smallest absolute Gasteiger partial charge is 0.276 e. The van der Waals surface area contributed by atoms with E-state index in [1.54, 1.807) is 24.3 Å². The van der Waals surface area contributed by atoms with Crippen LogP contribution >= 0.6 is 0 Å². The second-order valence-corrected chi connectivity index (χ2v) is 6.86. The molecule has 4 rings (SSSR count). The van der Waals surface area contributed by atoms with Crippen molar-refractivity contribution in [2.24, 2.45) is 16.1 Å². The van der Waals surface area contributed by atoms with Crippen molar-refractivity contribution >= 4 is 11.8 Å². The number of hydrogen-bond acceptors (Lipinski definition) is 7. The molecule has 1 aromatic carbocycles. The fourth-order valence-electron chi connectivity index (χ4n) is 3.10. The van der Waals surface area contributed by atoms with Crippen molar-refractivity contribution < 1.29 is 18.5 Å². The lowest BCUT2D eigenvalue weighted by atomic mass is 9.93. The minimum Gasteiger partial charge on any atom is -0.367 e. The molecule has 1 aliphatic carbocycles. The van der Waals surface area contributed by atoms with Crippen LogP contribution in [0.3, 0.4) is 0 Å². The molecule has 31 heavy (non-hydrogen) atoms. The second kappa shape index (κ2) is 9.24. The van der Waals surface area contributed by atoms with E-state index >= 15 is 0 Å². The van der Waals surface area contributed by atoms with E-state index < -0.39 is 5.92 Å². The van der Waals surface area contributed by atoms with Crippen molar-refractivity contribution in [3.05, 3.63) is 71.7 Å². The first kappa shape index (κ1) is 20.3. The molecule has 0 spiro atoms. The van der Waals surface area contributed by atoms with Crippen molar-refractivity contribution in [1.82, 2.24) is 20.8 Å². The Kier molecular flexibility index (Phi) is 6.06. The van der Waals surface area contributed by atoms with Gasteiger partial charge in [-0.1, -0.05) is 29.5 Å². The van der Waals surface area contributed by atoms with Crippen LogP contribution in [0.4, 0.5) is 4.39 Å². The molecule has 2 amide bonds. The van der Waals surface area contributed by atoms with Crippen LogP contribution in [0.5, 0.6) is 0 Å². The first-order chi connectivity index (χ1) is 15.1. The van der Waals surface area contributed by atoms with E-state index in [9.17, 15) is 14.0 Å². The summed E-state index contributed by atoms with van der Waals surface area (Å²) < 4.78 is 18.1. The van der Waals surface area contributed by atoms with Gasteiger partial charge in [0.25, 0.3) is 5.91 Å². The third-order valence-electron chi connectivity index (χ3n) is 4.69. The summed E-state index contributed by atoms with van der Waals surface area (Å²) >= 11 is 0. The molecule has 2 aromatic rings. The number of fused-ring (bicyclic) bond motifs is 1. The number of allylic oxidation sites excluding steroid dienone is 3. The predicted molar refractivity (Wildman–Crippen MR) is 108 cm³/mol. The average molecular weight is 422 g/mol. The topological polar surface area (TPSA) is 122 Å². The van der Waals surface area contributed by atoms with Crippen LogP contribution in [-0.4, -0.2) is 35.0 Å². The monoisotopic (exact) mass is 422 g/mol. The summed E-state index contributed by atoms with van der Waals surface area (Å²) in [6, 6.07) is 5.75. The minimum absolute atomic E-state index is 0.167. The number of benzene rings is 1.